The van der Waals surface area contributed by atoms with Gasteiger partial charge in [0, 0.05) is 19.2 Å². The van der Waals surface area contributed by atoms with E-state index in [4.69, 9.17) is 4.74 Å². The fourth-order valence-electron chi connectivity index (χ4n) is 2.08. The van der Waals surface area contributed by atoms with Crippen molar-refractivity contribution >= 4 is 0 Å². The third kappa shape index (κ3) is 4.96. The second kappa shape index (κ2) is 6.46. The van der Waals surface area contributed by atoms with Crippen LogP contribution in [0.15, 0.2) is 0 Å². The smallest absolute Gasteiger partial charge is 0.0591 e. The van der Waals surface area contributed by atoms with E-state index in [1.165, 1.54) is 38.6 Å². The van der Waals surface area contributed by atoms with Crippen LogP contribution >= 0.6 is 0 Å². The highest BCUT2D eigenvalue weighted by Gasteiger charge is 2.20. The fourth-order valence-corrected chi connectivity index (χ4v) is 2.08. The van der Waals surface area contributed by atoms with Gasteiger partial charge in [-0.15, -0.1) is 0 Å². The lowest BCUT2D eigenvalue weighted by Crippen LogP contribution is -2.28. The molecule has 1 unspecified atom stereocenters. The van der Waals surface area contributed by atoms with E-state index in [2.05, 4.69) is 10.6 Å². The van der Waals surface area contributed by atoms with Gasteiger partial charge in [-0.25, -0.2) is 0 Å². The van der Waals surface area contributed by atoms with Gasteiger partial charge in [-0.05, 0) is 51.1 Å². The SMILES string of the molecule is C1CNC(CCNCCOCC2CC2)C1. The number of hydrogen-bond acceptors (Lipinski definition) is 3. The number of rotatable bonds is 8. The van der Waals surface area contributed by atoms with Crippen LogP contribution in [-0.2, 0) is 4.74 Å². The van der Waals surface area contributed by atoms with E-state index in [0.29, 0.717) is 0 Å². The highest BCUT2D eigenvalue weighted by Crippen LogP contribution is 2.28. The summed E-state index contributed by atoms with van der Waals surface area (Å²) in [6.07, 6.45) is 6.76. The van der Waals surface area contributed by atoms with Crippen LogP contribution in [0, 0.1) is 5.92 Å². The minimum absolute atomic E-state index is 0.768. The van der Waals surface area contributed by atoms with Crippen LogP contribution in [-0.4, -0.2) is 38.9 Å². The van der Waals surface area contributed by atoms with Crippen molar-refractivity contribution in [2.45, 2.75) is 38.1 Å². The van der Waals surface area contributed by atoms with E-state index in [-0.39, 0.29) is 0 Å². The second-order valence-corrected chi connectivity index (χ2v) is 4.85. The van der Waals surface area contributed by atoms with Gasteiger partial charge in [-0.2, -0.15) is 0 Å². The van der Waals surface area contributed by atoms with Crippen molar-refractivity contribution < 1.29 is 4.74 Å². The lowest BCUT2D eigenvalue weighted by atomic mass is 10.1. The van der Waals surface area contributed by atoms with Gasteiger partial charge >= 0.3 is 0 Å². The predicted octanol–water partition coefficient (Wildman–Crippen LogP) is 1.14. The molecule has 0 radical (unpaired) electrons. The summed E-state index contributed by atoms with van der Waals surface area (Å²) >= 11 is 0. The Balaban J connectivity index is 1.32. The van der Waals surface area contributed by atoms with Gasteiger partial charge in [0.15, 0.2) is 0 Å². The zero-order valence-electron chi connectivity index (χ0n) is 9.63. The molecule has 0 amide bonds. The Morgan fingerprint density at radius 3 is 2.87 bits per heavy atom. The van der Waals surface area contributed by atoms with Crippen molar-refractivity contribution in [2.24, 2.45) is 5.92 Å². The largest absolute Gasteiger partial charge is 0.380 e. The fraction of sp³-hybridized carbons (Fsp3) is 1.00. The number of ether oxygens (including phenoxy) is 1. The third-order valence-corrected chi connectivity index (χ3v) is 3.31. The molecule has 2 fully saturated rings. The lowest BCUT2D eigenvalue weighted by Gasteiger charge is -2.10. The van der Waals surface area contributed by atoms with Gasteiger partial charge < -0.3 is 15.4 Å². The molecule has 3 heteroatoms. The average molecular weight is 212 g/mol. The maximum absolute atomic E-state index is 5.55. The molecule has 1 heterocycles. The highest BCUT2D eigenvalue weighted by atomic mass is 16.5. The molecular weight excluding hydrogens is 188 g/mol. The van der Waals surface area contributed by atoms with Gasteiger partial charge in [-0.1, -0.05) is 0 Å². The average Bonchev–Trinajstić information content (AvgIpc) is 2.92. The van der Waals surface area contributed by atoms with Crippen LogP contribution in [0.4, 0.5) is 0 Å². The van der Waals surface area contributed by atoms with Crippen LogP contribution in [0.2, 0.25) is 0 Å². The Morgan fingerprint density at radius 2 is 2.13 bits per heavy atom. The van der Waals surface area contributed by atoms with Crippen LogP contribution < -0.4 is 10.6 Å². The zero-order chi connectivity index (χ0) is 10.3. The molecule has 0 bridgehead atoms. The minimum atomic E-state index is 0.768. The molecule has 0 aromatic rings. The molecule has 88 valence electrons. The zero-order valence-corrected chi connectivity index (χ0v) is 9.63. The maximum atomic E-state index is 5.55. The summed E-state index contributed by atoms with van der Waals surface area (Å²) < 4.78 is 5.55. The summed E-state index contributed by atoms with van der Waals surface area (Å²) in [7, 11) is 0. The molecule has 1 aliphatic carbocycles. The number of nitrogens with one attached hydrogen (secondary N) is 2. The van der Waals surface area contributed by atoms with Gasteiger partial charge in [0.05, 0.1) is 6.61 Å². The summed E-state index contributed by atoms with van der Waals surface area (Å²) in [5.41, 5.74) is 0. The molecule has 1 saturated heterocycles. The summed E-state index contributed by atoms with van der Waals surface area (Å²) in [5.74, 6) is 0.896. The summed E-state index contributed by atoms with van der Waals surface area (Å²) in [6.45, 7) is 5.24. The molecule has 3 nitrogen and oxygen atoms in total. The Hall–Kier alpha value is -0.120. The molecular formula is C12H24N2O. The van der Waals surface area contributed by atoms with E-state index in [1.807, 2.05) is 0 Å². The molecule has 0 spiro atoms. The predicted molar refractivity (Wildman–Crippen MR) is 62.1 cm³/mol. The molecule has 0 aromatic carbocycles. The number of hydrogen-bond donors (Lipinski definition) is 2. The van der Waals surface area contributed by atoms with Crippen molar-refractivity contribution in [3.05, 3.63) is 0 Å². The van der Waals surface area contributed by atoms with E-state index in [0.717, 1.165) is 38.3 Å². The normalized spacial score (nSPS) is 26.0. The first-order chi connectivity index (χ1) is 7.45. The highest BCUT2D eigenvalue weighted by molar-refractivity contribution is 4.74. The van der Waals surface area contributed by atoms with Crippen LogP contribution in [0.5, 0.6) is 0 Å². The van der Waals surface area contributed by atoms with Gasteiger partial charge in [0.1, 0.15) is 0 Å². The van der Waals surface area contributed by atoms with Crippen LogP contribution in [0.3, 0.4) is 0 Å². The van der Waals surface area contributed by atoms with Crippen molar-refractivity contribution in [2.75, 3.05) is 32.8 Å². The maximum Gasteiger partial charge on any atom is 0.0591 e. The van der Waals surface area contributed by atoms with E-state index < -0.39 is 0 Å². The monoisotopic (exact) mass is 212 g/mol. The van der Waals surface area contributed by atoms with E-state index in [9.17, 15) is 0 Å². The second-order valence-electron chi connectivity index (χ2n) is 4.85. The summed E-state index contributed by atoms with van der Waals surface area (Å²) in [4.78, 5) is 0. The van der Waals surface area contributed by atoms with Gasteiger partial charge in [0.2, 0.25) is 0 Å². The summed E-state index contributed by atoms with van der Waals surface area (Å²) in [5, 5.41) is 6.95. The minimum Gasteiger partial charge on any atom is -0.380 e. The standard InChI is InChI=1S/C12H24N2O/c1-2-12(14-6-1)5-7-13-8-9-15-10-11-3-4-11/h11-14H,1-10H2. The summed E-state index contributed by atoms with van der Waals surface area (Å²) in [6, 6.07) is 0.768. The first-order valence-corrected chi connectivity index (χ1v) is 6.47. The van der Waals surface area contributed by atoms with Crippen molar-refractivity contribution in [1.82, 2.24) is 10.6 Å². The molecule has 15 heavy (non-hydrogen) atoms. The molecule has 2 rings (SSSR count). The Labute approximate surface area is 93.0 Å². The first-order valence-electron chi connectivity index (χ1n) is 6.47. The Kier molecular flexibility index (Phi) is 4.90. The van der Waals surface area contributed by atoms with E-state index in [1.54, 1.807) is 0 Å². The molecule has 1 saturated carbocycles. The Morgan fingerprint density at radius 1 is 1.20 bits per heavy atom. The molecule has 2 aliphatic rings. The molecule has 0 aromatic heterocycles. The quantitative estimate of drug-likeness (QED) is 0.592. The van der Waals surface area contributed by atoms with Crippen LogP contribution in [0.1, 0.15) is 32.1 Å². The van der Waals surface area contributed by atoms with Gasteiger partial charge in [-0.3, -0.25) is 0 Å². The third-order valence-electron chi connectivity index (χ3n) is 3.31. The Bertz CT molecular complexity index is 165. The first kappa shape index (κ1) is 11.4. The van der Waals surface area contributed by atoms with Crippen molar-refractivity contribution in [1.29, 1.82) is 0 Å². The van der Waals surface area contributed by atoms with Gasteiger partial charge in [0.25, 0.3) is 0 Å². The lowest BCUT2D eigenvalue weighted by molar-refractivity contribution is 0.126. The van der Waals surface area contributed by atoms with Crippen molar-refractivity contribution in [3.63, 3.8) is 0 Å². The topological polar surface area (TPSA) is 33.3 Å². The molecule has 1 aliphatic heterocycles. The van der Waals surface area contributed by atoms with Crippen LogP contribution in [0.25, 0.3) is 0 Å². The molecule has 2 N–H and O–H groups in total. The van der Waals surface area contributed by atoms with Crippen molar-refractivity contribution in [3.8, 4) is 0 Å². The molecule has 1 atom stereocenters. The van der Waals surface area contributed by atoms with E-state index >= 15 is 0 Å².